The third kappa shape index (κ3) is 2.33. The zero-order valence-corrected chi connectivity index (χ0v) is 10.3. The maximum Gasteiger partial charge on any atom is 0.324 e. The van der Waals surface area contributed by atoms with Gasteiger partial charge in [0.15, 0.2) is 0 Å². The fraction of sp³-hybridized carbons (Fsp3) is 0.917. The normalized spacial score (nSPS) is 22.5. The molecule has 0 aliphatic heterocycles. The molecule has 0 amide bonds. The van der Waals surface area contributed by atoms with Gasteiger partial charge in [0, 0.05) is 6.04 Å². The van der Waals surface area contributed by atoms with Crippen molar-refractivity contribution in [3.8, 4) is 0 Å². The Morgan fingerprint density at radius 3 is 2.47 bits per heavy atom. The van der Waals surface area contributed by atoms with Gasteiger partial charge in [0.05, 0.1) is 0 Å². The van der Waals surface area contributed by atoms with E-state index in [2.05, 4.69) is 18.7 Å². The van der Waals surface area contributed by atoms with Crippen LogP contribution in [-0.2, 0) is 4.79 Å². The molecule has 0 aromatic carbocycles. The van der Waals surface area contributed by atoms with Gasteiger partial charge in [0.2, 0.25) is 0 Å². The second-order valence-electron chi connectivity index (χ2n) is 4.98. The Bertz CT molecular complexity index is 238. The number of carboxylic acids is 1. The fourth-order valence-corrected chi connectivity index (χ4v) is 2.33. The Labute approximate surface area is 92.5 Å². The quantitative estimate of drug-likeness (QED) is 0.736. The van der Waals surface area contributed by atoms with E-state index < -0.39 is 11.5 Å². The van der Waals surface area contributed by atoms with Gasteiger partial charge in [-0.05, 0) is 46.1 Å². The molecule has 0 radical (unpaired) electrons. The summed E-state index contributed by atoms with van der Waals surface area (Å²) in [5, 5.41) is 9.39. The molecule has 0 aromatic heterocycles. The van der Waals surface area contributed by atoms with Crippen LogP contribution in [0.4, 0.5) is 0 Å². The van der Waals surface area contributed by atoms with Crippen molar-refractivity contribution in [2.75, 3.05) is 7.05 Å². The summed E-state index contributed by atoms with van der Waals surface area (Å²) in [4.78, 5) is 13.5. The van der Waals surface area contributed by atoms with E-state index in [0.29, 0.717) is 12.0 Å². The maximum atomic E-state index is 11.4. The van der Waals surface area contributed by atoms with Crippen LogP contribution in [0.25, 0.3) is 0 Å². The van der Waals surface area contributed by atoms with Gasteiger partial charge >= 0.3 is 5.97 Å². The molecule has 15 heavy (non-hydrogen) atoms. The third-order valence-corrected chi connectivity index (χ3v) is 3.91. The Balaban J connectivity index is 2.75. The molecule has 2 unspecified atom stereocenters. The smallest absolute Gasteiger partial charge is 0.324 e. The molecule has 0 bridgehead atoms. The first kappa shape index (κ1) is 12.5. The summed E-state index contributed by atoms with van der Waals surface area (Å²) in [5.41, 5.74) is -0.658. The highest BCUT2D eigenvalue weighted by Gasteiger charge is 2.51. The molecule has 1 rings (SSSR count). The molecule has 0 heterocycles. The molecule has 3 nitrogen and oxygen atoms in total. The zero-order chi connectivity index (χ0) is 11.6. The van der Waals surface area contributed by atoms with E-state index in [1.807, 2.05) is 14.0 Å². The van der Waals surface area contributed by atoms with E-state index in [-0.39, 0.29) is 0 Å². The Kier molecular flexibility index (Phi) is 3.77. The summed E-state index contributed by atoms with van der Waals surface area (Å²) in [7, 11) is 1.95. The first-order valence-electron chi connectivity index (χ1n) is 5.90. The summed E-state index contributed by atoms with van der Waals surface area (Å²) < 4.78 is 0. The molecule has 1 fully saturated rings. The largest absolute Gasteiger partial charge is 0.480 e. The average Bonchev–Trinajstić information content (AvgIpc) is 2.98. The fourth-order valence-electron chi connectivity index (χ4n) is 2.33. The van der Waals surface area contributed by atoms with Crippen molar-refractivity contribution >= 4 is 5.97 Å². The van der Waals surface area contributed by atoms with Gasteiger partial charge < -0.3 is 5.11 Å². The number of hydrogen-bond acceptors (Lipinski definition) is 2. The topological polar surface area (TPSA) is 40.5 Å². The van der Waals surface area contributed by atoms with Crippen LogP contribution >= 0.6 is 0 Å². The molecule has 0 spiro atoms. The molecule has 88 valence electrons. The molecule has 1 aliphatic carbocycles. The van der Waals surface area contributed by atoms with Crippen LogP contribution in [0, 0.1) is 5.92 Å². The number of likely N-dealkylation sites (N-methyl/N-ethyl adjacent to an activating group) is 1. The van der Waals surface area contributed by atoms with E-state index >= 15 is 0 Å². The van der Waals surface area contributed by atoms with E-state index in [1.165, 1.54) is 0 Å². The SMILES string of the molecule is CCCC(C)N(C)C(C)(C(=O)O)C1CC1. The number of aliphatic carboxylic acids is 1. The van der Waals surface area contributed by atoms with Crippen molar-refractivity contribution in [1.29, 1.82) is 0 Å². The van der Waals surface area contributed by atoms with Gasteiger partial charge in [0.25, 0.3) is 0 Å². The standard InChI is InChI=1S/C12H23NO2/c1-5-6-9(2)13(4)12(3,11(14)15)10-7-8-10/h9-10H,5-8H2,1-4H3,(H,14,15). The van der Waals surface area contributed by atoms with Crippen LogP contribution in [0.15, 0.2) is 0 Å². The van der Waals surface area contributed by atoms with Gasteiger partial charge in [-0.1, -0.05) is 13.3 Å². The minimum absolute atomic E-state index is 0.344. The highest BCUT2D eigenvalue weighted by atomic mass is 16.4. The molecule has 1 aliphatic rings. The molecule has 1 saturated carbocycles. The predicted octanol–water partition coefficient (Wildman–Crippen LogP) is 2.36. The number of carboxylic acid groups (broad SMARTS) is 1. The minimum Gasteiger partial charge on any atom is -0.480 e. The monoisotopic (exact) mass is 213 g/mol. The Hall–Kier alpha value is -0.570. The van der Waals surface area contributed by atoms with Crippen molar-refractivity contribution in [3.05, 3.63) is 0 Å². The van der Waals surface area contributed by atoms with Crippen molar-refractivity contribution in [3.63, 3.8) is 0 Å². The molecule has 3 heteroatoms. The number of carbonyl (C=O) groups is 1. The summed E-state index contributed by atoms with van der Waals surface area (Å²) >= 11 is 0. The Morgan fingerprint density at radius 2 is 2.13 bits per heavy atom. The van der Waals surface area contributed by atoms with Gasteiger partial charge in [-0.15, -0.1) is 0 Å². The summed E-state index contributed by atoms with van der Waals surface area (Å²) in [6.07, 6.45) is 4.29. The third-order valence-electron chi connectivity index (χ3n) is 3.91. The van der Waals surface area contributed by atoms with Crippen LogP contribution < -0.4 is 0 Å². The first-order chi connectivity index (χ1) is 6.94. The van der Waals surface area contributed by atoms with E-state index in [4.69, 9.17) is 0 Å². The zero-order valence-electron chi connectivity index (χ0n) is 10.3. The lowest BCUT2D eigenvalue weighted by Crippen LogP contribution is -2.55. The molecule has 0 aromatic rings. The van der Waals surface area contributed by atoms with Gasteiger partial charge in [-0.2, -0.15) is 0 Å². The molecular formula is C12H23NO2. The van der Waals surface area contributed by atoms with E-state index in [1.54, 1.807) is 0 Å². The number of nitrogens with zero attached hydrogens (tertiary/aromatic N) is 1. The van der Waals surface area contributed by atoms with Crippen LogP contribution in [0.1, 0.15) is 46.5 Å². The van der Waals surface area contributed by atoms with Crippen LogP contribution in [0.3, 0.4) is 0 Å². The van der Waals surface area contributed by atoms with Gasteiger partial charge in [0.1, 0.15) is 5.54 Å². The second-order valence-corrected chi connectivity index (χ2v) is 4.98. The van der Waals surface area contributed by atoms with Crippen molar-refractivity contribution in [1.82, 2.24) is 4.90 Å². The summed E-state index contributed by atoms with van der Waals surface area (Å²) in [6, 6.07) is 0.344. The van der Waals surface area contributed by atoms with Crippen LogP contribution in [0.2, 0.25) is 0 Å². The van der Waals surface area contributed by atoms with Crippen LogP contribution in [0.5, 0.6) is 0 Å². The van der Waals surface area contributed by atoms with Crippen molar-refractivity contribution in [2.24, 2.45) is 5.92 Å². The molecular weight excluding hydrogens is 190 g/mol. The predicted molar refractivity (Wildman–Crippen MR) is 60.9 cm³/mol. The number of rotatable bonds is 6. The lowest BCUT2D eigenvalue weighted by molar-refractivity contribution is -0.152. The minimum atomic E-state index is -0.671. The Morgan fingerprint density at radius 1 is 1.60 bits per heavy atom. The molecule has 0 saturated heterocycles. The second kappa shape index (κ2) is 4.52. The lowest BCUT2D eigenvalue weighted by atomic mass is 9.92. The first-order valence-corrected chi connectivity index (χ1v) is 5.90. The average molecular weight is 213 g/mol. The van der Waals surface area contributed by atoms with Crippen LogP contribution in [-0.4, -0.2) is 34.6 Å². The van der Waals surface area contributed by atoms with Gasteiger partial charge in [-0.25, -0.2) is 0 Å². The summed E-state index contributed by atoms with van der Waals surface area (Å²) in [6.45, 7) is 6.13. The van der Waals surface area contributed by atoms with Crippen molar-refractivity contribution < 1.29 is 9.90 Å². The number of hydrogen-bond donors (Lipinski definition) is 1. The highest BCUT2D eigenvalue weighted by Crippen LogP contribution is 2.43. The summed E-state index contributed by atoms with van der Waals surface area (Å²) in [5.74, 6) is -0.324. The molecule has 1 N–H and O–H groups in total. The molecule has 2 atom stereocenters. The van der Waals surface area contributed by atoms with Crippen molar-refractivity contribution in [2.45, 2.75) is 58.0 Å². The highest BCUT2D eigenvalue weighted by molar-refractivity contribution is 5.79. The maximum absolute atomic E-state index is 11.4. The lowest BCUT2D eigenvalue weighted by Gasteiger charge is -2.39. The van der Waals surface area contributed by atoms with Gasteiger partial charge in [-0.3, -0.25) is 9.69 Å². The van der Waals surface area contributed by atoms with E-state index in [9.17, 15) is 9.90 Å². The van der Waals surface area contributed by atoms with E-state index in [0.717, 1.165) is 25.7 Å².